The Morgan fingerprint density at radius 1 is 1.11 bits per heavy atom. The molecule has 1 fully saturated rings. The number of hydrazine groups is 1. The second-order valence-corrected chi connectivity index (χ2v) is 11.6. The number of hydrogen-bond donors (Lipinski definition) is 1. The van der Waals surface area contributed by atoms with Crippen LogP contribution in [-0.4, -0.2) is 56.0 Å². The minimum Gasteiger partial charge on any atom is -0.406 e. The van der Waals surface area contributed by atoms with Crippen molar-refractivity contribution < 1.29 is 27.5 Å². The van der Waals surface area contributed by atoms with Crippen molar-refractivity contribution in [2.75, 3.05) is 17.7 Å². The highest BCUT2D eigenvalue weighted by Gasteiger charge is 2.33. The van der Waals surface area contributed by atoms with E-state index >= 15 is 0 Å². The number of urea groups is 1. The number of thioether (sulfide) groups is 1. The molecule has 0 atom stereocenters. The van der Waals surface area contributed by atoms with Crippen LogP contribution in [0.5, 0.6) is 5.75 Å². The largest absolute Gasteiger partial charge is 0.573 e. The van der Waals surface area contributed by atoms with E-state index in [1.54, 1.807) is 12.1 Å². The number of carbonyl (C=O) groups is 2. The van der Waals surface area contributed by atoms with Crippen LogP contribution < -0.4 is 15.1 Å². The zero-order valence-electron chi connectivity index (χ0n) is 24.9. The Morgan fingerprint density at radius 3 is 2.49 bits per heavy atom. The zero-order valence-corrected chi connectivity index (χ0v) is 25.7. The summed E-state index contributed by atoms with van der Waals surface area (Å²) in [6.45, 7) is 6.44. The van der Waals surface area contributed by atoms with E-state index < -0.39 is 12.4 Å². The van der Waals surface area contributed by atoms with Crippen LogP contribution >= 0.6 is 11.8 Å². The molecule has 5 rings (SSSR count). The molecule has 0 aliphatic carbocycles. The average Bonchev–Trinajstić information content (AvgIpc) is 3.60. The van der Waals surface area contributed by atoms with Gasteiger partial charge in [0.05, 0.1) is 17.1 Å². The van der Waals surface area contributed by atoms with Gasteiger partial charge in [0.25, 0.3) is 0 Å². The van der Waals surface area contributed by atoms with Gasteiger partial charge >= 0.3 is 12.4 Å². The van der Waals surface area contributed by atoms with Crippen molar-refractivity contribution in [3.8, 4) is 22.8 Å². The third-order valence-electron chi connectivity index (χ3n) is 6.76. The summed E-state index contributed by atoms with van der Waals surface area (Å²) in [5.74, 6) is 0.362. The molecule has 10 nitrogen and oxygen atoms in total. The van der Waals surface area contributed by atoms with Gasteiger partial charge in [-0.2, -0.15) is 4.99 Å². The van der Waals surface area contributed by atoms with Gasteiger partial charge in [-0.3, -0.25) is 15.1 Å². The van der Waals surface area contributed by atoms with Crippen molar-refractivity contribution in [2.24, 2.45) is 4.99 Å². The first kappa shape index (κ1) is 31.7. The highest BCUT2D eigenvalue weighted by atomic mass is 32.2. The Hall–Kier alpha value is -4.69. The van der Waals surface area contributed by atoms with Crippen molar-refractivity contribution in [1.82, 2.24) is 25.2 Å². The van der Waals surface area contributed by atoms with Crippen LogP contribution in [0.3, 0.4) is 0 Å². The minimum atomic E-state index is -4.76. The average molecular weight is 638 g/mol. The lowest BCUT2D eigenvalue weighted by atomic mass is 9.99. The lowest BCUT2D eigenvalue weighted by molar-refractivity contribution is -0.274. The van der Waals surface area contributed by atoms with Gasteiger partial charge in [-0.15, -0.1) is 18.3 Å². The van der Waals surface area contributed by atoms with Crippen molar-refractivity contribution >= 4 is 34.6 Å². The monoisotopic (exact) mass is 637 g/mol. The van der Waals surface area contributed by atoms with Crippen molar-refractivity contribution in [2.45, 2.75) is 39.6 Å². The molecule has 1 saturated heterocycles. The molecule has 234 valence electrons. The standard InChI is InChI=1S/C31H30F3N7O3S/c1-19(2)25-14-5-20(3)15-26(25)41-27(42)17-45-30(41)36-29(43)38-39(4)16-21-6-8-22(9-7-21)28-35-18-40(37-28)23-10-12-24(13-11-23)44-31(32,33)34/h5-15,18-19H,16-17H2,1-4H3,(H,38,43)/b36-30-. The molecule has 45 heavy (non-hydrogen) atoms. The van der Waals surface area contributed by atoms with Crippen LogP contribution in [0.2, 0.25) is 0 Å². The molecule has 1 aliphatic rings. The maximum absolute atomic E-state index is 12.8. The Bertz CT molecular complexity index is 1720. The van der Waals surface area contributed by atoms with Gasteiger partial charge in [-0.25, -0.2) is 19.5 Å². The van der Waals surface area contributed by atoms with Gasteiger partial charge in [-0.05, 0) is 59.9 Å². The number of aliphatic imine (C=N–C) groups is 1. The van der Waals surface area contributed by atoms with Gasteiger partial charge in [0.1, 0.15) is 12.1 Å². The van der Waals surface area contributed by atoms with E-state index in [1.807, 2.05) is 49.4 Å². The Balaban J connectivity index is 1.20. The predicted octanol–water partition coefficient (Wildman–Crippen LogP) is 6.46. The lowest BCUT2D eigenvalue weighted by Gasteiger charge is -2.22. The molecular formula is C31H30F3N7O3S. The van der Waals surface area contributed by atoms with E-state index in [1.165, 1.54) is 51.9 Å². The van der Waals surface area contributed by atoms with Crippen LogP contribution in [0.4, 0.5) is 23.7 Å². The Morgan fingerprint density at radius 2 is 1.82 bits per heavy atom. The van der Waals surface area contributed by atoms with Crippen LogP contribution in [0.1, 0.15) is 36.5 Å². The summed E-state index contributed by atoms with van der Waals surface area (Å²) in [7, 11) is 1.71. The first-order valence-corrected chi connectivity index (χ1v) is 14.9. The molecule has 0 spiro atoms. The number of ether oxygens (including phenoxy) is 1. The number of nitrogens with zero attached hydrogens (tertiary/aromatic N) is 6. The van der Waals surface area contributed by atoms with Crippen LogP contribution in [-0.2, 0) is 11.3 Å². The van der Waals surface area contributed by atoms with Crippen molar-refractivity contribution in [3.05, 3.63) is 89.7 Å². The quantitative estimate of drug-likeness (QED) is 0.221. The number of anilines is 1. The number of hydrogen-bond acceptors (Lipinski definition) is 7. The van der Waals surface area contributed by atoms with E-state index in [0.717, 1.165) is 27.9 Å². The lowest BCUT2D eigenvalue weighted by Crippen LogP contribution is -2.38. The normalized spacial score (nSPS) is 14.6. The topological polar surface area (TPSA) is 105 Å². The molecule has 0 bridgehead atoms. The number of amides is 3. The predicted molar refractivity (Wildman–Crippen MR) is 166 cm³/mol. The number of amidine groups is 1. The fraction of sp³-hybridized carbons (Fsp3) is 0.258. The zero-order chi connectivity index (χ0) is 32.3. The summed E-state index contributed by atoms with van der Waals surface area (Å²) < 4.78 is 42.6. The molecule has 1 aliphatic heterocycles. The Labute approximate surface area is 261 Å². The highest BCUT2D eigenvalue weighted by molar-refractivity contribution is 8.15. The highest BCUT2D eigenvalue weighted by Crippen LogP contribution is 2.34. The van der Waals surface area contributed by atoms with E-state index in [0.29, 0.717) is 23.2 Å². The molecule has 0 saturated carbocycles. The number of carbonyl (C=O) groups excluding carboxylic acids is 2. The molecule has 3 aromatic carbocycles. The van der Waals surface area contributed by atoms with Crippen LogP contribution in [0.15, 0.2) is 78.0 Å². The van der Waals surface area contributed by atoms with Crippen molar-refractivity contribution in [1.29, 1.82) is 0 Å². The molecule has 0 radical (unpaired) electrons. The second kappa shape index (κ2) is 13.1. The summed E-state index contributed by atoms with van der Waals surface area (Å²) in [6.07, 6.45) is -3.30. The first-order valence-electron chi connectivity index (χ1n) is 13.9. The summed E-state index contributed by atoms with van der Waals surface area (Å²) in [5, 5.41) is 6.35. The number of aromatic nitrogens is 3. The van der Waals surface area contributed by atoms with Gasteiger partial charge in [0.15, 0.2) is 11.0 Å². The maximum atomic E-state index is 12.8. The molecular weight excluding hydrogens is 607 g/mol. The summed E-state index contributed by atoms with van der Waals surface area (Å²) >= 11 is 1.23. The van der Waals surface area contributed by atoms with Crippen LogP contribution in [0, 0.1) is 6.92 Å². The van der Waals surface area contributed by atoms with Crippen LogP contribution in [0.25, 0.3) is 17.1 Å². The summed E-state index contributed by atoms with van der Waals surface area (Å²) in [6, 6.07) is 18.1. The molecule has 1 aromatic heterocycles. The SMILES string of the molecule is Cc1ccc(C(C)C)c(N2C(=O)CS/C2=N\C(=O)NN(C)Cc2ccc(-c3ncn(-c4ccc(OC(F)(F)F)cc4)n3)cc2)c1. The van der Waals surface area contributed by atoms with Gasteiger partial charge < -0.3 is 4.74 Å². The molecule has 2 heterocycles. The number of nitrogens with one attached hydrogen (secondary N) is 1. The first-order chi connectivity index (χ1) is 21.4. The molecule has 4 aromatic rings. The van der Waals surface area contributed by atoms with Gasteiger partial charge in [-0.1, -0.05) is 62.0 Å². The fourth-order valence-electron chi connectivity index (χ4n) is 4.69. The summed E-state index contributed by atoms with van der Waals surface area (Å²) in [4.78, 5) is 35.7. The third-order valence-corrected chi connectivity index (χ3v) is 7.68. The van der Waals surface area contributed by atoms with E-state index in [9.17, 15) is 22.8 Å². The number of rotatable bonds is 8. The number of aryl methyl sites for hydroxylation is 1. The fourth-order valence-corrected chi connectivity index (χ4v) is 5.54. The maximum Gasteiger partial charge on any atom is 0.573 e. The van der Waals surface area contributed by atoms with E-state index in [2.05, 4.69) is 39.1 Å². The van der Waals surface area contributed by atoms with Crippen molar-refractivity contribution in [3.63, 3.8) is 0 Å². The number of benzene rings is 3. The summed E-state index contributed by atoms with van der Waals surface area (Å²) in [5.41, 5.74) is 7.62. The number of halogens is 3. The second-order valence-electron chi connectivity index (χ2n) is 10.7. The smallest absolute Gasteiger partial charge is 0.406 e. The molecule has 0 unspecified atom stereocenters. The third kappa shape index (κ3) is 7.88. The molecule has 3 amide bonds. The van der Waals surface area contributed by atoms with Gasteiger partial charge in [0.2, 0.25) is 5.91 Å². The molecule has 1 N–H and O–H groups in total. The van der Waals surface area contributed by atoms with Gasteiger partial charge in [0, 0.05) is 19.2 Å². The number of alkyl halides is 3. The van der Waals surface area contributed by atoms with E-state index in [-0.39, 0.29) is 23.3 Å². The van der Waals surface area contributed by atoms with E-state index in [4.69, 9.17) is 0 Å². The molecule has 14 heteroatoms. The Kier molecular flexibility index (Phi) is 9.25. The minimum absolute atomic E-state index is 0.125.